The monoisotopic (exact) mass is 501 g/mol. The van der Waals surface area contributed by atoms with E-state index in [1.807, 2.05) is 6.07 Å². The molecule has 1 aliphatic heterocycles. The molecule has 1 saturated carbocycles. The maximum absolute atomic E-state index is 11.9. The van der Waals surface area contributed by atoms with Crippen molar-refractivity contribution in [3.8, 4) is 11.3 Å². The van der Waals surface area contributed by atoms with Crippen LogP contribution in [0.2, 0.25) is 0 Å². The fourth-order valence-electron chi connectivity index (χ4n) is 5.00. The van der Waals surface area contributed by atoms with Gasteiger partial charge in [0, 0.05) is 37.3 Å². The van der Waals surface area contributed by atoms with Crippen molar-refractivity contribution in [1.29, 1.82) is 0 Å². The standard InChI is InChI=1S/C24H28BrN3O2S/c1-27-23(17-7-3-2-4-8-17)22(25)20-15-19(28-11-13-31(29,30)14-12-28)16-21(24(20)27)26-18-9-5-6-10-18/h2-4,7-8,15-16,18,26H,5-6,9-14H2,1H3. The van der Waals surface area contributed by atoms with Crippen LogP contribution in [0.1, 0.15) is 25.7 Å². The predicted octanol–water partition coefficient (Wildman–Crippen LogP) is 5.20. The van der Waals surface area contributed by atoms with E-state index in [9.17, 15) is 8.42 Å². The SMILES string of the molecule is Cn1c(-c2ccccc2)c(Br)c2cc(N3CCS(=O)(=O)CC3)cc(NC3CCCC3)c21. The number of halogens is 1. The first kappa shape index (κ1) is 20.9. The average Bonchev–Trinajstić information content (AvgIpc) is 3.35. The maximum Gasteiger partial charge on any atom is 0.153 e. The van der Waals surface area contributed by atoms with Gasteiger partial charge in [0.1, 0.15) is 0 Å². The van der Waals surface area contributed by atoms with E-state index in [1.54, 1.807) is 0 Å². The number of aromatic nitrogens is 1. The number of rotatable bonds is 4. The van der Waals surface area contributed by atoms with Crippen LogP contribution in [0.3, 0.4) is 0 Å². The summed E-state index contributed by atoms with van der Waals surface area (Å²) in [5.74, 6) is 0.448. The molecule has 0 atom stereocenters. The number of nitrogens with zero attached hydrogens (tertiary/aromatic N) is 2. The Morgan fingerprint density at radius 3 is 2.39 bits per heavy atom. The van der Waals surface area contributed by atoms with Crippen molar-refractivity contribution in [3.63, 3.8) is 0 Å². The molecule has 164 valence electrons. The van der Waals surface area contributed by atoms with Crippen molar-refractivity contribution in [1.82, 2.24) is 4.57 Å². The lowest BCUT2D eigenvalue weighted by atomic mass is 10.1. The Kier molecular flexibility index (Phi) is 5.51. The number of benzene rings is 2. The molecule has 3 aromatic rings. The molecule has 1 aromatic heterocycles. The van der Waals surface area contributed by atoms with Gasteiger partial charge < -0.3 is 14.8 Å². The summed E-state index contributed by atoms with van der Waals surface area (Å²) in [5.41, 5.74) is 5.74. The van der Waals surface area contributed by atoms with E-state index >= 15 is 0 Å². The average molecular weight is 502 g/mol. The van der Waals surface area contributed by atoms with Crippen LogP contribution in [0.15, 0.2) is 46.9 Å². The Hall–Kier alpha value is -1.99. The molecule has 2 heterocycles. The van der Waals surface area contributed by atoms with Crippen molar-refractivity contribution >= 4 is 48.0 Å². The number of sulfone groups is 1. The Morgan fingerprint density at radius 2 is 1.71 bits per heavy atom. The summed E-state index contributed by atoms with van der Waals surface area (Å²) in [4.78, 5) is 2.21. The highest BCUT2D eigenvalue weighted by molar-refractivity contribution is 9.10. The molecule has 0 spiro atoms. The van der Waals surface area contributed by atoms with Gasteiger partial charge in [-0.25, -0.2) is 8.42 Å². The van der Waals surface area contributed by atoms with Crippen molar-refractivity contribution in [2.75, 3.05) is 34.8 Å². The molecule has 31 heavy (non-hydrogen) atoms. The van der Waals surface area contributed by atoms with Crippen LogP contribution in [0, 0.1) is 0 Å². The molecule has 0 amide bonds. The number of nitrogens with one attached hydrogen (secondary N) is 1. The predicted molar refractivity (Wildman–Crippen MR) is 133 cm³/mol. The summed E-state index contributed by atoms with van der Waals surface area (Å²) >= 11 is 3.90. The topological polar surface area (TPSA) is 54.3 Å². The van der Waals surface area contributed by atoms with Gasteiger partial charge in [-0.3, -0.25) is 0 Å². The minimum atomic E-state index is -2.91. The molecule has 0 unspecified atom stereocenters. The van der Waals surface area contributed by atoms with Crippen molar-refractivity contribution in [2.24, 2.45) is 7.05 Å². The lowest BCUT2D eigenvalue weighted by molar-refractivity contribution is 0.587. The van der Waals surface area contributed by atoms with Gasteiger partial charge in [0.05, 0.1) is 32.9 Å². The molecule has 2 aromatic carbocycles. The largest absolute Gasteiger partial charge is 0.381 e. The molecular formula is C24H28BrN3O2S. The minimum absolute atomic E-state index is 0.224. The molecule has 7 heteroatoms. The fraction of sp³-hybridized carbons (Fsp3) is 0.417. The first-order valence-electron chi connectivity index (χ1n) is 11.0. The Labute approximate surface area is 192 Å². The third kappa shape index (κ3) is 3.98. The van der Waals surface area contributed by atoms with E-state index in [0.717, 1.165) is 26.9 Å². The molecule has 0 bridgehead atoms. The minimum Gasteiger partial charge on any atom is -0.381 e. The van der Waals surface area contributed by atoms with Gasteiger partial charge in [-0.2, -0.15) is 0 Å². The van der Waals surface area contributed by atoms with Gasteiger partial charge in [-0.1, -0.05) is 43.2 Å². The molecule has 1 N–H and O–H groups in total. The summed E-state index contributed by atoms with van der Waals surface area (Å²) in [6.07, 6.45) is 4.95. The molecule has 1 saturated heterocycles. The second kappa shape index (κ2) is 8.17. The number of hydrogen-bond donors (Lipinski definition) is 1. The van der Waals surface area contributed by atoms with E-state index in [2.05, 4.69) is 74.2 Å². The quantitative estimate of drug-likeness (QED) is 0.533. The highest BCUT2D eigenvalue weighted by Crippen LogP contribution is 2.43. The van der Waals surface area contributed by atoms with Crippen molar-refractivity contribution in [2.45, 2.75) is 31.7 Å². The van der Waals surface area contributed by atoms with E-state index in [0.29, 0.717) is 19.1 Å². The number of anilines is 2. The zero-order valence-corrected chi connectivity index (χ0v) is 20.2. The van der Waals surface area contributed by atoms with Gasteiger partial charge in [-0.15, -0.1) is 0 Å². The third-order valence-corrected chi connectivity index (χ3v) is 9.09. The summed E-state index contributed by atoms with van der Waals surface area (Å²) in [6.45, 7) is 1.10. The first-order valence-corrected chi connectivity index (χ1v) is 13.6. The Morgan fingerprint density at radius 1 is 1.03 bits per heavy atom. The van der Waals surface area contributed by atoms with Gasteiger partial charge in [0.25, 0.3) is 0 Å². The van der Waals surface area contributed by atoms with Crippen molar-refractivity contribution < 1.29 is 8.42 Å². The van der Waals surface area contributed by atoms with Crippen LogP contribution in [0.25, 0.3) is 22.2 Å². The first-order chi connectivity index (χ1) is 14.9. The number of fused-ring (bicyclic) bond motifs is 1. The third-order valence-electron chi connectivity index (χ3n) is 6.68. The summed E-state index contributed by atoms with van der Waals surface area (Å²) in [7, 11) is -0.785. The summed E-state index contributed by atoms with van der Waals surface area (Å²) in [5, 5.41) is 4.99. The second-order valence-corrected chi connectivity index (χ2v) is 11.8. The van der Waals surface area contributed by atoms with Gasteiger partial charge >= 0.3 is 0 Å². The zero-order chi connectivity index (χ0) is 21.6. The van der Waals surface area contributed by atoms with Crippen LogP contribution in [0.4, 0.5) is 11.4 Å². The zero-order valence-electron chi connectivity index (χ0n) is 17.8. The molecule has 0 radical (unpaired) electrons. The van der Waals surface area contributed by atoms with E-state index in [1.165, 1.54) is 36.8 Å². The Bertz CT molecular complexity index is 1200. The van der Waals surface area contributed by atoms with Crippen LogP contribution < -0.4 is 10.2 Å². The molecule has 5 nitrogen and oxygen atoms in total. The molecular weight excluding hydrogens is 474 g/mol. The van der Waals surface area contributed by atoms with Gasteiger partial charge in [0.2, 0.25) is 0 Å². The summed E-state index contributed by atoms with van der Waals surface area (Å²) in [6, 6.07) is 15.4. The van der Waals surface area contributed by atoms with Crippen LogP contribution in [-0.2, 0) is 16.9 Å². The smallest absolute Gasteiger partial charge is 0.153 e. The lowest BCUT2D eigenvalue weighted by Crippen LogP contribution is -2.40. The van der Waals surface area contributed by atoms with E-state index in [4.69, 9.17) is 0 Å². The second-order valence-electron chi connectivity index (χ2n) is 8.74. The lowest BCUT2D eigenvalue weighted by Gasteiger charge is -2.29. The molecule has 2 aliphatic rings. The summed E-state index contributed by atoms with van der Waals surface area (Å²) < 4.78 is 27.2. The van der Waals surface area contributed by atoms with Crippen LogP contribution >= 0.6 is 15.9 Å². The fourth-order valence-corrected chi connectivity index (χ4v) is 7.00. The maximum atomic E-state index is 11.9. The van der Waals surface area contributed by atoms with Crippen LogP contribution in [-0.4, -0.2) is 43.6 Å². The van der Waals surface area contributed by atoms with E-state index in [-0.39, 0.29) is 11.5 Å². The van der Waals surface area contributed by atoms with Gasteiger partial charge in [-0.05, 0) is 46.5 Å². The van der Waals surface area contributed by atoms with Gasteiger partial charge in [0.15, 0.2) is 9.84 Å². The number of aryl methyl sites for hydroxylation is 1. The molecule has 2 fully saturated rings. The van der Waals surface area contributed by atoms with Crippen molar-refractivity contribution in [3.05, 3.63) is 46.9 Å². The molecule has 1 aliphatic carbocycles. The van der Waals surface area contributed by atoms with E-state index < -0.39 is 9.84 Å². The number of hydrogen-bond acceptors (Lipinski definition) is 4. The molecule has 5 rings (SSSR count). The highest BCUT2D eigenvalue weighted by Gasteiger charge is 2.25. The Balaban J connectivity index is 1.65. The normalized spacial score (nSPS) is 19.2. The highest BCUT2D eigenvalue weighted by atomic mass is 79.9. The van der Waals surface area contributed by atoms with Crippen LogP contribution in [0.5, 0.6) is 0 Å².